The number of aryl methyl sites for hydroxylation is 1. The highest BCUT2D eigenvalue weighted by Crippen LogP contribution is 2.40. The summed E-state index contributed by atoms with van der Waals surface area (Å²) in [5.74, 6) is -0.903. The first-order valence-corrected chi connectivity index (χ1v) is 7.21. The molecule has 2 aromatic rings. The highest BCUT2D eigenvalue weighted by atomic mass is 35.5. The van der Waals surface area contributed by atoms with Crippen molar-refractivity contribution in [1.29, 1.82) is 0 Å². The molecule has 0 bridgehead atoms. The van der Waals surface area contributed by atoms with E-state index in [9.17, 15) is 4.79 Å². The number of fused-ring (bicyclic) bond motifs is 1. The molecule has 0 fully saturated rings. The maximum absolute atomic E-state index is 10.8. The summed E-state index contributed by atoms with van der Waals surface area (Å²) in [6, 6.07) is 9.12. The van der Waals surface area contributed by atoms with Crippen LogP contribution < -0.4 is 5.32 Å². The average molecular weight is 294 g/mol. The van der Waals surface area contributed by atoms with Gasteiger partial charge in [-0.05, 0) is 48.7 Å². The Labute approximate surface area is 119 Å². The lowest BCUT2D eigenvalue weighted by molar-refractivity contribution is 0.0697. The van der Waals surface area contributed by atoms with Gasteiger partial charge < -0.3 is 10.4 Å². The maximum atomic E-state index is 10.8. The summed E-state index contributed by atoms with van der Waals surface area (Å²) in [5.41, 5.74) is 2.51. The van der Waals surface area contributed by atoms with Crippen LogP contribution in [-0.2, 0) is 6.42 Å². The van der Waals surface area contributed by atoms with Crippen molar-refractivity contribution in [1.82, 2.24) is 0 Å². The second-order valence-corrected chi connectivity index (χ2v) is 6.32. The van der Waals surface area contributed by atoms with Crippen molar-refractivity contribution in [2.24, 2.45) is 0 Å². The molecule has 3 nitrogen and oxygen atoms in total. The number of nitrogens with one attached hydrogen (secondary N) is 1. The third kappa shape index (κ3) is 2.46. The molecule has 1 aliphatic rings. The Kier molecular flexibility index (Phi) is 3.21. The Morgan fingerprint density at radius 2 is 2.11 bits per heavy atom. The normalized spacial score (nSPS) is 17.2. The van der Waals surface area contributed by atoms with E-state index in [4.69, 9.17) is 16.7 Å². The van der Waals surface area contributed by atoms with Crippen LogP contribution in [0, 0.1) is 0 Å². The van der Waals surface area contributed by atoms with Crippen LogP contribution >= 0.6 is 22.9 Å². The summed E-state index contributed by atoms with van der Waals surface area (Å²) in [6.45, 7) is 0. The van der Waals surface area contributed by atoms with Crippen LogP contribution in [0.4, 0.5) is 5.69 Å². The van der Waals surface area contributed by atoms with Crippen molar-refractivity contribution in [3.8, 4) is 0 Å². The molecule has 1 aromatic carbocycles. The largest absolute Gasteiger partial charge is 0.478 e. The molecule has 0 saturated carbocycles. The number of benzene rings is 1. The predicted molar refractivity (Wildman–Crippen MR) is 77.4 cm³/mol. The number of hydrogen-bond acceptors (Lipinski definition) is 3. The number of carboxylic acids is 1. The zero-order valence-corrected chi connectivity index (χ0v) is 11.6. The molecule has 0 radical (unpaired) electrons. The Bertz CT molecular complexity index is 621. The minimum atomic E-state index is -0.903. The van der Waals surface area contributed by atoms with Crippen LogP contribution in [0.2, 0.25) is 4.34 Å². The van der Waals surface area contributed by atoms with Gasteiger partial charge in [0.15, 0.2) is 0 Å². The van der Waals surface area contributed by atoms with E-state index < -0.39 is 5.97 Å². The van der Waals surface area contributed by atoms with Crippen LogP contribution in [0.3, 0.4) is 0 Å². The number of aromatic carboxylic acids is 1. The standard InChI is InChI=1S/C14H12ClNO2S/c15-13-7-10-11(5-6-12(10)19-13)16-9-3-1-8(2-4-9)14(17)18/h1-4,7,11,16H,5-6H2,(H,17,18). The van der Waals surface area contributed by atoms with E-state index in [0.717, 1.165) is 22.9 Å². The van der Waals surface area contributed by atoms with E-state index in [2.05, 4.69) is 5.32 Å². The van der Waals surface area contributed by atoms with E-state index in [1.807, 2.05) is 6.07 Å². The quantitative estimate of drug-likeness (QED) is 0.891. The molecular weight excluding hydrogens is 282 g/mol. The topological polar surface area (TPSA) is 49.3 Å². The fourth-order valence-corrected chi connectivity index (χ4v) is 3.75. The minimum Gasteiger partial charge on any atom is -0.478 e. The lowest BCUT2D eigenvalue weighted by Gasteiger charge is -2.14. The number of anilines is 1. The molecule has 2 N–H and O–H groups in total. The van der Waals surface area contributed by atoms with Crippen molar-refractivity contribution in [2.45, 2.75) is 18.9 Å². The molecular formula is C14H12ClNO2S. The van der Waals surface area contributed by atoms with Gasteiger partial charge in [0.05, 0.1) is 15.9 Å². The number of carboxylic acid groups (broad SMARTS) is 1. The molecule has 0 aliphatic heterocycles. The zero-order chi connectivity index (χ0) is 13.4. The Balaban J connectivity index is 1.77. The number of thiophene rings is 1. The predicted octanol–water partition coefficient (Wildman–Crippen LogP) is 4.20. The Morgan fingerprint density at radius 3 is 2.79 bits per heavy atom. The number of halogens is 1. The smallest absolute Gasteiger partial charge is 0.335 e. The van der Waals surface area contributed by atoms with Crippen LogP contribution in [0.1, 0.15) is 33.3 Å². The second kappa shape index (κ2) is 4.87. The van der Waals surface area contributed by atoms with E-state index in [1.54, 1.807) is 35.6 Å². The number of carbonyl (C=O) groups is 1. The zero-order valence-electron chi connectivity index (χ0n) is 10.0. The van der Waals surface area contributed by atoms with E-state index in [-0.39, 0.29) is 6.04 Å². The van der Waals surface area contributed by atoms with Gasteiger partial charge in [-0.25, -0.2) is 4.79 Å². The van der Waals surface area contributed by atoms with Crippen molar-refractivity contribution < 1.29 is 9.90 Å². The Morgan fingerprint density at radius 1 is 1.37 bits per heavy atom. The van der Waals surface area contributed by atoms with E-state index >= 15 is 0 Å². The van der Waals surface area contributed by atoms with Gasteiger partial charge in [-0.3, -0.25) is 0 Å². The van der Waals surface area contributed by atoms with Gasteiger partial charge in [0.2, 0.25) is 0 Å². The molecule has 5 heteroatoms. The van der Waals surface area contributed by atoms with Gasteiger partial charge in [-0.15, -0.1) is 11.3 Å². The van der Waals surface area contributed by atoms with Gasteiger partial charge >= 0.3 is 5.97 Å². The molecule has 1 atom stereocenters. The fourth-order valence-electron chi connectivity index (χ4n) is 2.39. The number of hydrogen-bond donors (Lipinski definition) is 2. The van der Waals surface area contributed by atoms with Crippen molar-refractivity contribution in [3.63, 3.8) is 0 Å². The summed E-state index contributed by atoms with van der Waals surface area (Å²) in [5, 5.41) is 12.3. The first-order valence-electron chi connectivity index (χ1n) is 6.01. The van der Waals surface area contributed by atoms with Crippen molar-refractivity contribution in [2.75, 3.05) is 5.32 Å². The summed E-state index contributed by atoms with van der Waals surface area (Å²) in [6.07, 6.45) is 2.11. The SMILES string of the molecule is O=C(O)c1ccc(NC2CCc3sc(Cl)cc32)cc1. The fraction of sp³-hybridized carbons (Fsp3) is 0.214. The van der Waals surface area contributed by atoms with Gasteiger partial charge in [-0.2, -0.15) is 0 Å². The monoisotopic (exact) mass is 293 g/mol. The summed E-state index contributed by atoms with van der Waals surface area (Å²) in [7, 11) is 0. The van der Waals surface area contributed by atoms with E-state index in [0.29, 0.717) is 5.56 Å². The summed E-state index contributed by atoms with van der Waals surface area (Å²) in [4.78, 5) is 12.1. The Hall–Kier alpha value is -1.52. The molecule has 1 aliphatic carbocycles. The first-order chi connectivity index (χ1) is 9.13. The van der Waals surface area contributed by atoms with Gasteiger partial charge in [-0.1, -0.05) is 11.6 Å². The highest BCUT2D eigenvalue weighted by Gasteiger charge is 2.24. The molecule has 0 spiro atoms. The van der Waals surface area contributed by atoms with Crippen LogP contribution in [0.25, 0.3) is 0 Å². The third-order valence-electron chi connectivity index (χ3n) is 3.32. The van der Waals surface area contributed by atoms with Gasteiger partial charge in [0, 0.05) is 10.6 Å². The molecule has 98 valence electrons. The number of rotatable bonds is 3. The van der Waals surface area contributed by atoms with Crippen LogP contribution in [0.5, 0.6) is 0 Å². The third-order valence-corrected chi connectivity index (χ3v) is 4.66. The van der Waals surface area contributed by atoms with Crippen LogP contribution in [-0.4, -0.2) is 11.1 Å². The van der Waals surface area contributed by atoms with E-state index in [1.165, 1.54) is 10.4 Å². The first kappa shape index (κ1) is 12.5. The lowest BCUT2D eigenvalue weighted by atomic mass is 10.1. The molecule has 0 saturated heterocycles. The molecule has 1 aromatic heterocycles. The van der Waals surface area contributed by atoms with Crippen LogP contribution in [0.15, 0.2) is 30.3 Å². The molecule has 1 unspecified atom stereocenters. The van der Waals surface area contributed by atoms with Gasteiger partial charge in [0.25, 0.3) is 0 Å². The maximum Gasteiger partial charge on any atom is 0.335 e. The molecule has 1 heterocycles. The summed E-state index contributed by atoms with van der Waals surface area (Å²) >= 11 is 7.67. The van der Waals surface area contributed by atoms with Gasteiger partial charge in [0.1, 0.15) is 0 Å². The second-order valence-electron chi connectivity index (χ2n) is 4.55. The highest BCUT2D eigenvalue weighted by molar-refractivity contribution is 7.16. The molecule has 3 rings (SSSR count). The van der Waals surface area contributed by atoms with Crippen molar-refractivity contribution >= 4 is 34.6 Å². The molecule has 19 heavy (non-hydrogen) atoms. The lowest BCUT2D eigenvalue weighted by Crippen LogP contribution is -2.06. The molecule has 0 amide bonds. The average Bonchev–Trinajstić information content (AvgIpc) is 2.91. The summed E-state index contributed by atoms with van der Waals surface area (Å²) < 4.78 is 0.831. The van der Waals surface area contributed by atoms with Crippen molar-refractivity contribution in [3.05, 3.63) is 50.7 Å². The minimum absolute atomic E-state index is 0.273.